The fourth-order valence-electron chi connectivity index (χ4n) is 3.67. The van der Waals surface area contributed by atoms with Crippen LogP contribution >= 0.6 is 15.9 Å². The smallest absolute Gasteiger partial charge is 0.424 e. The van der Waals surface area contributed by atoms with E-state index in [4.69, 9.17) is 13.9 Å². The van der Waals surface area contributed by atoms with Gasteiger partial charge in [-0.05, 0) is 57.7 Å². The Kier molecular flexibility index (Phi) is 6.18. The number of nitrogens with zero attached hydrogens (tertiary/aromatic N) is 2. The van der Waals surface area contributed by atoms with Crippen molar-refractivity contribution in [1.29, 1.82) is 0 Å². The largest absolute Gasteiger partial charge is 0.473 e. The van der Waals surface area contributed by atoms with E-state index in [1.54, 1.807) is 12.1 Å². The highest BCUT2D eigenvalue weighted by Crippen LogP contribution is 2.31. The van der Waals surface area contributed by atoms with Crippen molar-refractivity contribution in [3.05, 3.63) is 117 Å². The van der Waals surface area contributed by atoms with Gasteiger partial charge in [0.25, 0.3) is 0 Å². The summed E-state index contributed by atoms with van der Waals surface area (Å²) >= 11 is 3.49. The summed E-state index contributed by atoms with van der Waals surface area (Å²) in [6.07, 6.45) is 0. The van der Waals surface area contributed by atoms with Gasteiger partial charge in [-0.25, -0.2) is 9.36 Å². The Labute approximate surface area is 204 Å². The van der Waals surface area contributed by atoms with Gasteiger partial charge in [-0.15, -0.1) is 0 Å². The van der Waals surface area contributed by atoms with Crippen molar-refractivity contribution < 1.29 is 13.9 Å². The Morgan fingerprint density at radius 3 is 2.21 bits per heavy atom. The van der Waals surface area contributed by atoms with Gasteiger partial charge in [-0.3, -0.25) is 0 Å². The van der Waals surface area contributed by atoms with Crippen LogP contribution in [0.5, 0.6) is 11.8 Å². The monoisotopic (exact) mass is 516 g/mol. The van der Waals surface area contributed by atoms with Crippen LogP contribution in [0.25, 0.3) is 16.8 Å². The predicted molar refractivity (Wildman–Crippen MR) is 134 cm³/mol. The van der Waals surface area contributed by atoms with Gasteiger partial charge in [0.05, 0.1) is 9.99 Å². The van der Waals surface area contributed by atoms with Crippen LogP contribution in [0.2, 0.25) is 0 Å². The molecule has 0 fully saturated rings. The standard InChI is InChI=1S/C27H21BrN2O4/c1-18-14-21(28)25-23(15-18)30(27(31)34-25)22-12-13-24(32-16-19-8-4-2-5-9-19)29-26(22)33-17-20-10-6-3-7-11-20/h2-15H,16-17H2,1H3. The van der Waals surface area contributed by atoms with Gasteiger partial charge in [0.1, 0.15) is 18.9 Å². The number of rotatable bonds is 7. The summed E-state index contributed by atoms with van der Waals surface area (Å²) in [7, 11) is 0. The Bertz CT molecular complexity index is 1490. The van der Waals surface area contributed by atoms with E-state index in [2.05, 4.69) is 20.9 Å². The lowest BCUT2D eigenvalue weighted by Gasteiger charge is -2.13. The van der Waals surface area contributed by atoms with E-state index in [1.165, 1.54) is 4.57 Å². The first-order chi connectivity index (χ1) is 16.6. The number of hydrogen-bond donors (Lipinski definition) is 0. The Morgan fingerprint density at radius 2 is 1.53 bits per heavy atom. The molecule has 0 saturated heterocycles. The summed E-state index contributed by atoms with van der Waals surface area (Å²) in [5, 5.41) is 0. The van der Waals surface area contributed by atoms with Crippen LogP contribution in [0.4, 0.5) is 0 Å². The van der Waals surface area contributed by atoms with Crippen molar-refractivity contribution in [1.82, 2.24) is 9.55 Å². The van der Waals surface area contributed by atoms with E-state index < -0.39 is 5.76 Å². The van der Waals surface area contributed by atoms with Crippen molar-refractivity contribution in [2.45, 2.75) is 20.1 Å². The average molecular weight is 517 g/mol. The SMILES string of the molecule is Cc1cc(Br)c2oc(=O)n(-c3ccc(OCc4ccccc4)nc3OCc3ccccc3)c2c1. The molecular formula is C27H21BrN2O4. The number of ether oxygens (including phenoxy) is 2. The van der Waals surface area contributed by atoms with Gasteiger partial charge in [0.15, 0.2) is 5.58 Å². The minimum atomic E-state index is -0.523. The van der Waals surface area contributed by atoms with E-state index in [1.807, 2.05) is 79.7 Å². The Morgan fingerprint density at radius 1 is 0.882 bits per heavy atom. The van der Waals surface area contributed by atoms with Gasteiger partial charge >= 0.3 is 5.76 Å². The molecule has 0 aliphatic rings. The van der Waals surface area contributed by atoms with Crippen molar-refractivity contribution in [2.75, 3.05) is 0 Å². The summed E-state index contributed by atoms with van der Waals surface area (Å²) in [6, 6.07) is 26.9. The number of aromatic nitrogens is 2. The molecule has 2 heterocycles. The van der Waals surface area contributed by atoms with Gasteiger partial charge in [0, 0.05) is 6.07 Å². The molecule has 0 radical (unpaired) electrons. The van der Waals surface area contributed by atoms with Crippen molar-refractivity contribution >= 4 is 27.0 Å². The molecule has 0 unspecified atom stereocenters. The van der Waals surface area contributed by atoms with Crippen molar-refractivity contribution in [3.8, 4) is 17.4 Å². The van der Waals surface area contributed by atoms with Crippen LogP contribution in [0, 0.1) is 6.92 Å². The second kappa shape index (κ2) is 9.57. The second-order valence-corrected chi connectivity index (χ2v) is 8.68. The van der Waals surface area contributed by atoms with Gasteiger partial charge in [0.2, 0.25) is 11.8 Å². The van der Waals surface area contributed by atoms with Crippen LogP contribution in [0.3, 0.4) is 0 Å². The number of aryl methyl sites for hydroxylation is 1. The predicted octanol–water partition coefficient (Wildman–Crippen LogP) is 6.21. The first-order valence-electron chi connectivity index (χ1n) is 10.7. The highest BCUT2D eigenvalue weighted by atomic mass is 79.9. The summed E-state index contributed by atoms with van der Waals surface area (Å²) in [5.41, 5.74) is 4.56. The van der Waals surface area contributed by atoms with E-state index in [0.29, 0.717) is 33.7 Å². The van der Waals surface area contributed by atoms with Crippen molar-refractivity contribution in [2.24, 2.45) is 0 Å². The van der Waals surface area contributed by atoms with Gasteiger partial charge in [-0.2, -0.15) is 4.98 Å². The minimum Gasteiger partial charge on any atom is -0.473 e. The summed E-state index contributed by atoms with van der Waals surface area (Å²) in [5.74, 6) is 0.149. The lowest BCUT2D eigenvalue weighted by molar-refractivity contribution is 0.267. The molecule has 0 aliphatic carbocycles. The normalized spacial score (nSPS) is 11.0. The van der Waals surface area contributed by atoms with E-state index >= 15 is 0 Å². The molecule has 2 aromatic heterocycles. The highest BCUT2D eigenvalue weighted by molar-refractivity contribution is 9.10. The molecule has 3 aromatic carbocycles. The molecular weight excluding hydrogens is 496 g/mol. The molecule has 0 amide bonds. The first-order valence-corrected chi connectivity index (χ1v) is 11.5. The minimum absolute atomic E-state index is 0.275. The summed E-state index contributed by atoms with van der Waals surface area (Å²) < 4.78 is 19.7. The summed E-state index contributed by atoms with van der Waals surface area (Å²) in [6.45, 7) is 2.61. The number of fused-ring (bicyclic) bond motifs is 1. The molecule has 0 aliphatic heterocycles. The van der Waals surface area contributed by atoms with E-state index in [-0.39, 0.29) is 12.5 Å². The van der Waals surface area contributed by atoms with Gasteiger partial charge in [-0.1, -0.05) is 60.7 Å². The molecule has 0 N–H and O–H groups in total. The third-order valence-corrected chi connectivity index (χ3v) is 5.87. The van der Waals surface area contributed by atoms with Crippen molar-refractivity contribution in [3.63, 3.8) is 0 Å². The fourth-order valence-corrected chi connectivity index (χ4v) is 4.31. The molecule has 7 heteroatoms. The zero-order valence-corrected chi connectivity index (χ0v) is 20.0. The molecule has 34 heavy (non-hydrogen) atoms. The second-order valence-electron chi connectivity index (χ2n) is 7.82. The maximum atomic E-state index is 12.9. The van der Waals surface area contributed by atoms with E-state index in [0.717, 1.165) is 16.7 Å². The molecule has 6 nitrogen and oxygen atoms in total. The van der Waals surface area contributed by atoms with Crippen LogP contribution < -0.4 is 15.2 Å². The Balaban J connectivity index is 1.55. The lowest BCUT2D eigenvalue weighted by atomic mass is 10.2. The van der Waals surface area contributed by atoms with Crippen LogP contribution in [-0.4, -0.2) is 9.55 Å². The lowest BCUT2D eigenvalue weighted by Crippen LogP contribution is -2.14. The molecule has 5 aromatic rings. The van der Waals surface area contributed by atoms with E-state index in [9.17, 15) is 4.79 Å². The number of halogens is 1. The third kappa shape index (κ3) is 4.61. The number of hydrogen-bond acceptors (Lipinski definition) is 5. The van der Waals surface area contributed by atoms with Crippen LogP contribution in [0.15, 0.2) is 98.6 Å². The number of benzene rings is 3. The molecule has 0 bridgehead atoms. The first kappa shape index (κ1) is 22.0. The summed E-state index contributed by atoms with van der Waals surface area (Å²) in [4.78, 5) is 17.5. The molecule has 0 saturated carbocycles. The highest BCUT2D eigenvalue weighted by Gasteiger charge is 2.19. The zero-order chi connectivity index (χ0) is 23.5. The topological polar surface area (TPSA) is 66.5 Å². The molecule has 0 spiro atoms. The zero-order valence-electron chi connectivity index (χ0n) is 18.4. The average Bonchev–Trinajstić information content (AvgIpc) is 3.18. The Hall–Kier alpha value is -3.84. The molecule has 5 rings (SSSR count). The van der Waals surface area contributed by atoms with Crippen LogP contribution in [0.1, 0.15) is 16.7 Å². The quantitative estimate of drug-likeness (QED) is 0.257. The third-order valence-electron chi connectivity index (χ3n) is 5.28. The van der Waals surface area contributed by atoms with Crippen LogP contribution in [-0.2, 0) is 13.2 Å². The maximum Gasteiger partial charge on any atom is 0.424 e. The molecule has 170 valence electrons. The fraction of sp³-hybridized carbons (Fsp3) is 0.111. The number of oxazole rings is 1. The maximum absolute atomic E-state index is 12.9. The van der Waals surface area contributed by atoms with Gasteiger partial charge < -0.3 is 13.9 Å². The number of pyridine rings is 1. The molecule has 0 atom stereocenters.